The predicted molar refractivity (Wildman–Crippen MR) is 62.2 cm³/mol. The molecule has 1 saturated heterocycles. The van der Waals surface area contributed by atoms with Crippen LogP contribution < -0.4 is 5.32 Å². The summed E-state index contributed by atoms with van der Waals surface area (Å²) in [7, 11) is 0. The Balaban J connectivity index is 1.65. The van der Waals surface area contributed by atoms with Crippen molar-refractivity contribution in [2.45, 2.75) is 51.4 Å². The van der Waals surface area contributed by atoms with Gasteiger partial charge in [-0.05, 0) is 26.7 Å². The highest BCUT2D eigenvalue weighted by Crippen LogP contribution is 2.18. The second kappa shape index (κ2) is 5.15. The number of hydrogen-bond donors (Lipinski definition) is 1. The molecule has 16 heavy (non-hydrogen) atoms. The molecule has 1 saturated carbocycles. The molecule has 1 aliphatic carbocycles. The molecule has 1 aliphatic heterocycles. The molecule has 4 heteroatoms. The highest BCUT2D eigenvalue weighted by atomic mass is 16.5. The summed E-state index contributed by atoms with van der Waals surface area (Å²) in [5, 5.41) is 3.02. The van der Waals surface area contributed by atoms with Crippen LogP contribution in [0.15, 0.2) is 0 Å². The zero-order valence-corrected chi connectivity index (χ0v) is 10.2. The summed E-state index contributed by atoms with van der Waals surface area (Å²) >= 11 is 0. The van der Waals surface area contributed by atoms with Crippen molar-refractivity contribution in [2.75, 3.05) is 19.6 Å². The summed E-state index contributed by atoms with van der Waals surface area (Å²) in [4.78, 5) is 13.9. The minimum Gasteiger partial charge on any atom is -0.373 e. The number of nitrogens with zero attached hydrogens (tertiary/aromatic N) is 1. The third-order valence-corrected chi connectivity index (χ3v) is 3.09. The van der Waals surface area contributed by atoms with Crippen LogP contribution in [0.4, 0.5) is 0 Å². The third-order valence-electron chi connectivity index (χ3n) is 3.09. The minimum atomic E-state index is 0.203. The van der Waals surface area contributed by atoms with Crippen LogP contribution in [-0.2, 0) is 9.53 Å². The Morgan fingerprint density at radius 3 is 2.50 bits per heavy atom. The van der Waals surface area contributed by atoms with Crippen LogP contribution in [0.5, 0.6) is 0 Å². The lowest BCUT2D eigenvalue weighted by Crippen LogP contribution is -2.46. The van der Waals surface area contributed by atoms with E-state index in [1.54, 1.807) is 0 Å². The third kappa shape index (κ3) is 3.76. The van der Waals surface area contributed by atoms with Crippen molar-refractivity contribution < 1.29 is 9.53 Å². The van der Waals surface area contributed by atoms with Crippen molar-refractivity contribution in [2.24, 2.45) is 0 Å². The van der Waals surface area contributed by atoms with E-state index < -0.39 is 0 Å². The topological polar surface area (TPSA) is 41.6 Å². The molecule has 92 valence electrons. The van der Waals surface area contributed by atoms with E-state index in [1.807, 2.05) is 0 Å². The van der Waals surface area contributed by atoms with E-state index in [4.69, 9.17) is 4.74 Å². The Kier molecular flexibility index (Phi) is 3.82. The molecule has 0 spiro atoms. The molecule has 0 bridgehead atoms. The number of hydrogen-bond acceptors (Lipinski definition) is 3. The summed E-state index contributed by atoms with van der Waals surface area (Å²) < 4.78 is 5.66. The second-order valence-corrected chi connectivity index (χ2v) is 5.11. The van der Waals surface area contributed by atoms with E-state index in [9.17, 15) is 4.79 Å². The maximum absolute atomic E-state index is 11.5. The average Bonchev–Trinajstić information content (AvgIpc) is 2.97. The lowest BCUT2D eigenvalue weighted by atomic mass is 10.2. The average molecular weight is 226 g/mol. The SMILES string of the molecule is C[C@H]1CN(CCC(=O)NC2CC2)C[C@H](C)O1. The molecular formula is C12H22N2O2. The number of carbonyl (C=O) groups excluding carboxylic acids is 1. The van der Waals surface area contributed by atoms with Crippen molar-refractivity contribution in [3.05, 3.63) is 0 Å². The van der Waals surface area contributed by atoms with Crippen LogP contribution in [0, 0.1) is 0 Å². The summed E-state index contributed by atoms with van der Waals surface area (Å²) in [6, 6.07) is 0.482. The van der Waals surface area contributed by atoms with Crippen LogP contribution in [-0.4, -0.2) is 48.7 Å². The van der Waals surface area contributed by atoms with Gasteiger partial charge in [0, 0.05) is 32.1 Å². The van der Waals surface area contributed by atoms with Gasteiger partial charge in [0.2, 0.25) is 5.91 Å². The number of amides is 1. The highest BCUT2D eigenvalue weighted by Gasteiger charge is 2.25. The van der Waals surface area contributed by atoms with Crippen molar-refractivity contribution in [3.8, 4) is 0 Å². The van der Waals surface area contributed by atoms with Crippen molar-refractivity contribution >= 4 is 5.91 Å². The van der Waals surface area contributed by atoms with Gasteiger partial charge < -0.3 is 10.1 Å². The molecule has 1 amide bonds. The van der Waals surface area contributed by atoms with Gasteiger partial charge in [0.25, 0.3) is 0 Å². The summed E-state index contributed by atoms with van der Waals surface area (Å²) in [6.45, 7) is 6.93. The molecule has 0 aromatic heterocycles. The van der Waals surface area contributed by atoms with Crippen molar-refractivity contribution in [1.29, 1.82) is 0 Å². The number of morpholine rings is 1. The Bertz CT molecular complexity index is 243. The van der Waals surface area contributed by atoms with Crippen molar-refractivity contribution in [3.63, 3.8) is 0 Å². The lowest BCUT2D eigenvalue weighted by Gasteiger charge is -2.35. The first kappa shape index (κ1) is 11.9. The molecule has 2 aliphatic rings. The quantitative estimate of drug-likeness (QED) is 0.769. The summed E-state index contributed by atoms with van der Waals surface area (Å²) in [5.41, 5.74) is 0. The molecule has 2 fully saturated rings. The van der Waals surface area contributed by atoms with Gasteiger partial charge in [0.05, 0.1) is 12.2 Å². The zero-order chi connectivity index (χ0) is 11.5. The molecular weight excluding hydrogens is 204 g/mol. The van der Waals surface area contributed by atoms with E-state index in [1.165, 1.54) is 0 Å². The first-order chi connectivity index (χ1) is 7.63. The van der Waals surface area contributed by atoms with Gasteiger partial charge in [-0.25, -0.2) is 0 Å². The van der Waals surface area contributed by atoms with Crippen LogP contribution in [0.3, 0.4) is 0 Å². The van der Waals surface area contributed by atoms with Gasteiger partial charge in [0.15, 0.2) is 0 Å². The van der Waals surface area contributed by atoms with Gasteiger partial charge in [-0.1, -0.05) is 0 Å². The number of carbonyl (C=O) groups is 1. The Hall–Kier alpha value is -0.610. The molecule has 0 unspecified atom stereocenters. The lowest BCUT2D eigenvalue weighted by molar-refractivity contribution is -0.122. The standard InChI is InChI=1S/C12H22N2O2/c1-9-7-14(8-10(2)16-9)6-5-12(15)13-11-3-4-11/h9-11H,3-8H2,1-2H3,(H,13,15)/t9-,10-/m0/s1. The minimum absolute atomic E-state index is 0.203. The molecule has 0 aromatic rings. The first-order valence-corrected chi connectivity index (χ1v) is 6.30. The Morgan fingerprint density at radius 1 is 1.31 bits per heavy atom. The van der Waals surface area contributed by atoms with Gasteiger partial charge in [-0.3, -0.25) is 9.69 Å². The monoisotopic (exact) mass is 226 g/mol. The van der Waals surface area contributed by atoms with E-state index in [0.29, 0.717) is 12.5 Å². The smallest absolute Gasteiger partial charge is 0.221 e. The number of ether oxygens (including phenoxy) is 1. The summed E-state index contributed by atoms with van der Waals surface area (Å²) in [6.07, 6.45) is 3.52. The van der Waals surface area contributed by atoms with Gasteiger partial charge in [0.1, 0.15) is 0 Å². The van der Waals surface area contributed by atoms with Gasteiger partial charge in [-0.2, -0.15) is 0 Å². The molecule has 2 rings (SSSR count). The fourth-order valence-corrected chi connectivity index (χ4v) is 2.25. The van der Waals surface area contributed by atoms with Crippen LogP contribution in [0.25, 0.3) is 0 Å². The maximum Gasteiger partial charge on any atom is 0.221 e. The first-order valence-electron chi connectivity index (χ1n) is 6.30. The molecule has 2 atom stereocenters. The molecule has 4 nitrogen and oxygen atoms in total. The molecule has 1 heterocycles. The van der Waals surface area contributed by atoms with E-state index in [0.717, 1.165) is 32.5 Å². The maximum atomic E-state index is 11.5. The van der Waals surface area contributed by atoms with Crippen molar-refractivity contribution in [1.82, 2.24) is 10.2 Å². The Labute approximate surface area is 97.3 Å². The predicted octanol–water partition coefficient (Wildman–Crippen LogP) is 0.764. The largest absolute Gasteiger partial charge is 0.373 e. The highest BCUT2D eigenvalue weighted by molar-refractivity contribution is 5.76. The van der Waals surface area contributed by atoms with Gasteiger partial charge >= 0.3 is 0 Å². The van der Waals surface area contributed by atoms with Crippen LogP contribution in [0.1, 0.15) is 33.1 Å². The van der Waals surface area contributed by atoms with E-state index in [2.05, 4.69) is 24.1 Å². The zero-order valence-electron chi connectivity index (χ0n) is 10.2. The normalized spacial score (nSPS) is 31.4. The van der Waals surface area contributed by atoms with Crippen LogP contribution in [0.2, 0.25) is 0 Å². The summed E-state index contributed by atoms with van der Waals surface area (Å²) in [5.74, 6) is 0.203. The van der Waals surface area contributed by atoms with Crippen LogP contribution >= 0.6 is 0 Å². The van der Waals surface area contributed by atoms with Gasteiger partial charge in [-0.15, -0.1) is 0 Å². The number of nitrogens with one attached hydrogen (secondary N) is 1. The fourth-order valence-electron chi connectivity index (χ4n) is 2.25. The molecule has 1 N–H and O–H groups in total. The van der Waals surface area contributed by atoms with E-state index in [-0.39, 0.29) is 18.1 Å². The second-order valence-electron chi connectivity index (χ2n) is 5.11. The number of rotatable bonds is 4. The fraction of sp³-hybridized carbons (Fsp3) is 0.917. The Morgan fingerprint density at radius 2 is 1.94 bits per heavy atom. The molecule has 0 radical (unpaired) electrons. The molecule has 0 aromatic carbocycles. The van der Waals surface area contributed by atoms with E-state index >= 15 is 0 Å².